The van der Waals surface area contributed by atoms with Crippen molar-refractivity contribution in [3.05, 3.63) is 33.7 Å². The number of rotatable bonds is 6. The number of carbonyl (C=O) groups is 2. The lowest BCUT2D eigenvalue weighted by atomic mass is 10.1. The molecular weight excluding hydrogens is 388 g/mol. The van der Waals surface area contributed by atoms with Gasteiger partial charge < -0.3 is 4.90 Å². The fourth-order valence-electron chi connectivity index (χ4n) is 2.93. The van der Waals surface area contributed by atoms with Crippen molar-refractivity contribution in [3.63, 3.8) is 0 Å². The van der Waals surface area contributed by atoms with Crippen LogP contribution in [0.5, 0.6) is 0 Å². The quantitative estimate of drug-likeness (QED) is 0.751. The summed E-state index contributed by atoms with van der Waals surface area (Å²) in [4.78, 5) is 31.8. The highest BCUT2D eigenvalue weighted by molar-refractivity contribution is 7.96. The Morgan fingerprint density at radius 2 is 2.07 bits per heavy atom. The van der Waals surface area contributed by atoms with E-state index in [-0.39, 0.29) is 33.7 Å². The van der Waals surface area contributed by atoms with Crippen LogP contribution in [0.15, 0.2) is 28.0 Å². The van der Waals surface area contributed by atoms with E-state index in [2.05, 4.69) is 9.71 Å². The first kappa shape index (κ1) is 19.7. The van der Waals surface area contributed by atoms with E-state index in [0.717, 1.165) is 12.2 Å². The molecule has 3 rings (SSSR count). The normalized spacial score (nSPS) is 19.1. The van der Waals surface area contributed by atoms with Gasteiger partial charge in [0.2, 0.25) is 5.91 Å². The number of likely N-dealkylation sites (N-methyl/N-ethyl adjacent to an activating group) is 1. The zero-order valence-electron chi connectivity index (χ0n) is 15.3. The van der Waals surface area contributed by atoms with Gasteiger partial charge in [-0.05, 0) is 20.0 Å². The van der Waals surface area contributed by atoms with Crippen LogP contribution < -0.4 is 4.72 Å². The van der Waals surface area contributed by atoms with Crippen molar-refractivity contribution in [1.29, 1.82) is 0 Å². The summed E-state index contributed by atoms with van der Waals surface area (Å²) in [5.74, 6) is -0.106. The summed E-state index contributed by atoms with van der Waals surface area (Å²) >= 11 is 1.19. The molecule has 1 aromatic heterocycles. The lowest BCUT2D eigenvalue weighted by Crippen LogP contribution is -2.49. The van der Waals surface area contributed by atoms with Gasteiger partial charge in [0.15, 0.2) is 10.9 Å². The third kappa shape index (κ3) is 4.63. The second-order valence-corrected chi connectivity index (χ2v) is 9.15. The fourth-order valence-corrected chi connectivity index (χ4v) is 5.22. The molecule has 1 aliphatic carbocycles. The van der Waals surface area contributed by atoms with Crippen LogP contribution in [0.3, 0.4) is 0 Å². The zero-order chi connectivity index (χ0) is 19.6. The number of piperazine rings is 1. The molecular formula is C17H22N4O4S2. The number of hydrogen-bond acceptors (Lipinski definition) is 7. The summed E-state index contributed by atoms with van der Waals surface area (Å²) in [6.07, 6.45) is 3.78. The van der Waals surface area contributed by atoms with Crippen molar-refractivity contribution in [2.45, 2.75) is 19.8 Å². The van der Waals surface area contributed by atoms with E-state index in [0.29, 0.717) is 26.1 Å². The van der Waals surface area contributed by atoms with Crippen LogP contribution in [0, 0.1) is 0 Å². The van der Waals surface area contributed by atoms with Crippen molar-refractivity contribution >= 4 is 38.2 Å². The lowest BCUT2D eigenvalue weighted by molar-refractivity contribution is -0.135. The number of aromatic nitrogens is 1. The first-order valence-electron chi connectivity index (χ1n) is 8.60. The van der Waals surface area contributed by atoms with E-state index in [9.17, 15) is 18.0 Å². The van der Waals surface area contributed by atoms with Gasteiger partial charge in [0, 0.05) is 43.4 Å². The minimum atomic E-state index is -3.86. The maximum atomic E-state index is 12.5. The van der Waals surface area contributed by atoms with Gasteiger partial charge in [-0.1, -0.05) is 6.08 Å². The Hall–Kier alpha value is -2.04. The molecule has 2 aliphatic rings. The maximum Gasteiger partial charge on any atom is 0.264 e. The fraction of sp³-hybridized carbons (Fsp3) is 0.471. The SMILES string of the molecule is CC1=C(S(=O)(=O)Nc2nc(CCN3CCN(C)CC3=O)cs2)C=CCC1=O. The molecule has 1 aliphatic heterocycles. The molecule has 0 saturated carbocycles. The molecule has 0 spiro atoms. The molecule has 1 fully saturated rings. The lowest BCUT2D eigenvalue weighted by Gasteiger charge is -2.31. The molecule has 2 heterocycles. The van der Waals surface area contributed by atoms with E-state index in [1.54, 1.807) is 16.4 Å². The molecule has 1 saturated heterocycles. The number of ketones is 1. The molecule has 27 heavy (non-hydrogen) atoms. The highest BCUT2D eigenvalue weighted by atomic mass is 32.2. The van der Waals surface area contributed by atoms with Crippen LogP contribution >= 0.6 is 11.3 Å². The third-order valence-corrected chi connectivity index (χ3v) is 6.99. The summed E-state index contributed by atoms with van der Waals surface area (Å²) < 4.78 is 27.5. The van der Waals surface area contributed by atoms with Crippen LogP contribution in [0.2, 0.25) is 0 Å². The molecule has 1 N–H and O–H groups in total. The number of amides is 1. The second kappa shape index (κ2) is 7.91. The minimum Gasteiger partial charge on any atom is -0.340 e. The molecule has 0 aromatic carbocycles. The Bertz CT molecular complexity index is 917. The van der Waals surface area contributed by atoms with Gasteiger partial charge in [0.25, 0.3) is 10.0 Å². The first-order valence-corrected chi connectivity index (χ1v) is 11.0. The van der Waals surface area contributed by atoms with Gasteiger partial charge in [-0.2, -0.15) is 0 Å². The van der Waals surface area contributed by atoms with E-state index >= 15 is 0 Å². The number of anilines is 1. The van der Waals surface area contributed by atoms with Crippen LogP contribution in [-0.2, 0) is 26.0 Å². The molecule has 0 atom stereocenters. The molecule has 0 radical (unpaired) electrons. The Morgan fingerprint density at radius 1 is 1.30 bits per heavy atom. The molecule has 146 valence electrons. The van der Waals surface area contributed by atoms with Crippen molar-refractivity contribution < 1.29 is 18.0 Å². The average molecular weight is 411 g/mol. The topological polar surface area (TPSA) is 99.7 Å². The van der Waals surface area contributed by atoms with E-state index in [1.165, 1.54) is 24.3 Å². The highest BCUT2D eigenvalue weighted by Gasteiger charge is 2.25. The van der Waals surface area contributed by atoms with E-state index in [4.69, 9.17) is 0 Å². The van der Waals surface area contributed by atoms with Crippen molar-refractivity contribution in [1.82, 2.24) is 14.8 Å². The molecule has 0 unspecified atom stereocenters. The number of sulfonamides is 1. The Labute approximate surface area is 162 Å². The van der Waals surface area contributed by atoms with Gasteiger partial charge in [0.05, 0.1) is 17.1 Å². The molecule has 1 aromatic rings. The second-order valence-electron chi connectivity index (χ2n) is 6.64. The van der Waals surface area contributed by atoms with Gasteiger partial charge in [-0.25, -0.2) is 13.4 Å². The van der Waals surface area contributed by atoms with Crippen molar-refractivity contribution in [2.24, 2.45) is 0 Å². The summed E-state index contributed by atoms with van der Waals surface area (Å²) in [7, 11) is -1.94. The third-order valence-electron chi connectivity index (χ3n) is 4.57. The summed E-state index contributed by atoms with van der Waals surface area (Å²) in [5, 5.41) is 2.03. The van der Waals surface area contributed by atoms with E-state index < -0.39 is 10.0 Å². The van der Waals surface area contributed by atoms with Gasteiger partial charge >= 0.3 is 0 Å². The van der Waals surface area contributed by atoms with Gasteiger partial charge in [0.1, 0.15) is 0 Å². The monoisotopic (exact) mass is 410 g/mol. The Kier molecular flexibility index (Phi) is 5.78. The van der Waals surface area contributed by atoms with Crippen LogP contribution in [0.1, 0.15) is 19.0 Å². The van der Waals surface area contributed by atoms with Crippen LogP contribution in [-0.4, -0.2) is 68.1 Å². The number of Topliss-reactive ketones (excluding diaryl/α,β-unsaturated/α-hetero) is 1. The molecule has 8 nitrogen and oxygen atoms in total. The number of carbonyl (C=O) groups excluding carboxylic acids is 2. The molecule has 10 heteroatoms. The maximum absolute atomic E-state index is 12.5. The van der Waals surface area contributed by atoms with Gasteiger partial charge in [-0.3, -0.25) is 19.2 Å². The van der Waals surface area contributed by atoms with Crippen LogP contribution in [0.4, 0.5) is 5.13 Å². The summed E-state index contributed by atoms with van der Waals surface area (Å²) in [6.45, 7) is 4.02. The van der Waals surface area contributed by atoms with E-state index in [1.807, 2.05) is 11.9 Å². The zero-order valence-corrected chi connectivity index (χ0v) is 16.9. The van der Waals surface area contributed by atoms with Crippen molar-refractivity contribution in [3.8, 4) is 0 Å². The summed E-state index contributed by atoms with van der Waals surface area (Å²) in [5.41, 5.74) is 0.959. The molecule has 0 bridgehead atoms. The Morgan fingerprint density at radius 3 is 2.81 bits per heavy atom. The number of hydrogen-bond donors (Lipinski definition) is 1. The largest absolute Gasteiger partial charge is 0.340 e. The smallest absolute Gasteiger partial charge is 0.264 e. The van der Waals surface area contributed by atoms with Crippen molar-refractivity contribution in [2.75, 3.05) is 37.9 Å². The number of thiazole rings is 1. The number of nitrogens with one attached hydrogen (secondary N) is 1. The predicted molar refractivity (Wildman–Crippen MR) is 104 cm³/mol. The highest BCUT2D eigenvalue weighted by Crippen LogP contribution is 2.25. The minimum absolute atomic E-state index is 0.0152. The average Bonchev–Trinajstić information content (AvgIpc) is 3.03. The van der Waals surface area contributed by atoms with Gasteiger partial charge in [-0.15, -0.1) is 11.3 Å². The van der Waals surface area contributed by atoms with Crippen LogP contribution in [0.25, 0.3) is 0 Å². The summed E-state index contributed by atoms with van der Waals surface area (Å²) in [6, 6.07) is 0. The Balaban J connectivity index is 1.63. The number of nitrogens with zero attached hydrogens (tertiary/aromatic N) is 3. The molecule has 1 amide bonds. The predicted octanol–water partition coefficient (Wildman–Crippen LogP) is 1.00. The number of allylic oxidation sites excluding steroid dienone is 3. The standard InChI is InChI=1S/C17H22N4O4S2/c1-12-14(22)4-3-5-15(12)27(24,25)19-17-18-13(11-26-17)6-7-21-9-8-20(2)10-16(21)23/h3,5,11H,4,6-10H2,1-2H3,(H,18,19). The first-order chi connectivity index (χ1) is 12.8.